The number of aromatic nitrogens is 1. The Balaban J connectivity index is 1.36. The number of hydrogen-bond donors (Lipinski definition) is 4. The summed E-state index contributed by atoms with van der Waals surface area (Å²) in [6.07, 6.45) is 1.61. The van der Waals surface area contributed by atoms with Gasteiger partial charge >= 0.3 is 6.03 Å². The number of carbonyl (C=O) groups is 3. The Morgan fingerprint density at radius 3 is 2.78 bits per heavy atom. The van der Waals surface area contributed by atoms with Crippen LogP contribution in [-0.4, -0.2) is 93.4 Å². The van der Waals surface area contributed by atoms with Gasteiger partial charge in [0.1, 0.15) is 29.7 Å². The van der Waals surface area contributed by atoms with Gasteiger partial charge in [0.2, 0.25) is 0 Å². The molecule has 3 heterocycles. The fourth-order valence-electron chi connectivity index (χ4n) is 5.12. The molecule has 2 atom stereocenters. The van der Waals surface area contributed by atoms with E-state index in [1.807, 2.05) is 24.3 Å². The van der Waals surface area contributed by atoms with Crippen LogP contribution in [0.2, 0.25) is 0 Å². The number of likely N-dealkylation sites (tertiary alicyclic amines) is 1. The first-order valence-corrected chi connectivity index (χ1v) is 14.8. The van der Waals surface area contributed by atoms with Crippen molar-refractivity contribution in [1.82, 2.24) is 25.8 Å². The third kappa shape index (κ3) is 8.61. The molecule has 238 valence electrons. The first-order chi connectivity index (χ1) is 21.9. The van der Waals surface area contributed by atoms with E-state index in [2.05, 4.69) is 26.3 Å². The topological polar surface area (TPSA) is 152 Å². The number of fused-ring (bicyclic) bond motifs is 5. The molecule has 0 radical (unpaired) electrons. The van der Waals surface area contributed by atoms with E-state index in [1.165, 1.54) is 0 Å². The number of ether oxygens (including phenoxy) is 4. The Kier molecular flexibility index (Phi) is 10.7. The van der Waals surface area contributed by atoms with Crippen LogP contribution < -0.4 is 30.7 Å². The number of carbonyl (C=O) groups excluding carboxylic acids is 3. The molecule has 13 heteroatoms. The first-order valence-electron chi connectivity index (χ1n) is 14.8. The van der Waals surface area contributed by atoms with E-state index in [-0.39, 0.29) is 50.1 Å². The third-order valence-corrected chi connectivity index (χ3v) is 7.42. The molecule has 4 amide bonds. The van der Waals surface area contributed by atoms with Gasteiger partial charge in [-0.2, -0.15) is 0 Å². The molecular formula is C32H38N6O7. The summed E-state index contributed by atoms with van der Waals surface area (Å²) in [4.78, 5) is 45.2. The van der Waals surface area contributed by atoms with Crippen LogP contribution in [0.15, 0.2) is 60.8 Å². The van der Waals surface area contributed by atoms with Crippen LogP contribution in [0.3, 0.4) is 0 Å². The van der Waals surface area contributed by atoms with Crippen molar-refractivity contribution in [3.8, 4) is 17.2 Å². The highest BCUT2D eigenvalue weighted by molar-refractivity contribution is 5.95. The van der Waals surface area contributed by atoms with Crippen molar-refractivity contribution >= 4 is 23.7 Å². The molecule has 45 heavy (non-hydrogen) atoms. The van der Waals surface area contributed by atoms with E-state index in [0.29, 0.717) is 60.4 Å². The van der Waals surface area contributed by atoms with E-state index >= 15 is 0 Å². The lowest BCUT2D eigenvalue weighted by Gasteiger charge is -2.38. The molecule has 0 unspecified atom stereocenters. The van der Waals surface area contributed by atoms with Crippen molar-refractivity contribution in [1.29, 1.82) is 0 Å². The van der Waals surface area contributed by atoms with Gasteiger partial charge < -0.3 is 45.1 Å². The summed E-state index contributed by atoms with van der Waals surface area (Å²) in [5.74, 6) is 1.55. The van der Waals surface area contributed by atoms with Crippen LogP contribution in [-0.2, 0) is 16.1 Å². The first kappa shape index (κ1) is 31.5. The van der Waals surface area contributed by atoms with Crippen LogP contribution >= 0.6 is 0 Å². The summed E-state index contributed by atoms with van der Waals surface area (Å²) in [5.41, 5.74) is 1.70. The van der Waals surface area contributed by atoms with Crippen LogP contribution in [0, 0.1) is 0 Å². The third-order valence-electron chi connectivity index (χ3n) is 7.42. The normalized spacial score (nSPS) is 18.9. The molecule has 4 N–H and O–H groups in total. The van der Waals surface area contributed by atoms with E-state index in [0.717, 1.165) is 5.56 Å². The molecule has 0 saturated carbocycles. The maximum atomic E-state index is 13.4. The molecule has 13 nitrogen and oxygen atoms in total. The van der Waals surface area contributed by atoms with Gasteiger partial charge in [-0.3, -0.25) is 9.59 Å². The number of amides is 4. The molecule has 2 aliphatic heterocycles. The number of hydrogen-bond acceptors (Lipinski definition) is 9. The summed E-state index contributed by atoms with van der Waals surface area (Å²) in [5, 5.41) is 11.6. The molecule has 5 rings (SSSR count). The quantitative estimate of drug-likeness (QED) is 0.306. The number of methoxy groups -OCH3 is 1. The average molecular weight is 619 g/mol. The van der Waals surface area contributed by atoms with Crippen LogP contribution in [0.25, 0.3) is 0 Å². The predicted molar refractivity (Wildman–Crippen MR) is 166 cm³/mol. The molecule has 1 saturated heterocycles. The number of benzene rings is 2. The van der Waals surface area contributed by atoms with Crippen molar-refractivity contribution in [3.63, 3.8) is 0 Å². The van der Waals surface area contributed by atoms with Crippen LogP contribution in [0.5, 0.6) is 17.2 Å². The fourth-order valence-corrected chi connectivity index (χ4v) is 5.12. The van der Waals surface area contributed by atoms with Crippen molar-refractivity contribution < 1.29 is 33.3 Å². The van der Waals surface area contributed by atoms with Gasteiger partial charge in [-0.15, -0.1) is 0 Å². The van der Waals surface area contributed by atoms with Crippen LogP contribution in [0.4, 0.5) is 10.6 Å². The Bertz CT molecular complexity index is 1500. The Morgan fingerprint density at radius 2 is 1.93 bits per heavy atom. The largest absolute Gasteiger partial charge is 0.491 e. The minimum atomic E-state index is -0.481. The minimum Gasteiger partial charge on any atom is -0.491 e. The molecule has 0 aliphatic carbocycles. The van der Waals surface area contributed by atoms with Gasteiger partial charge in [-0.1, -0.05) is 12.1 Å². The second-order valence-corrected chi connectivity index (χ2v) is 10.6. The van der Waals surface area contributed by atoms with E-state index in [1.54, 1.807) is 55.6 Å². The highest BCUT2D eigenvalue weighted by Gasteiger charge is 2.34. The number of pyridine rings is 1. The van der Waals surface area contributed by atoms with Gasteiger partial charge in [0.25, 0.3) is 11.8 Å². The number of urea groups is 1. The smallest absolute Gasteiger partial charge is 0.315 e. The zero-order valence-electron chi connectivity index (χ0n) is 25.3. The highest BCUT2D eigenvalue weighted by atomic mass is 16.5. The second kappa shape index (κ2) is 15.2. The molecule has 0 spiro atoms. The number of rotatable bonds is 6. The fraction of sp³-hybridized carbons (Fsp3) is 0.375. The maximum Gasteiger partial charge on any atom is 0.315 e. The summed E-state index contributed by atoms with van der Waals surface area (Å²) < 4.78 is 23.4. The number of nitrogens with zero attached hydrogens (tertiary/aromatic N) is 2. The van der Waals surface area contributed by atoms with E-state index in [4.69, 9.17) is 18.9 Å². The molecular weight excluding hydrogens is 580 g/mol. The lowest BCUT2D eigenvalue weighted by atomic mass is 10.0. The Labute approximate surface area is 261 Å². The van der Waals surface area contributed by atoms with Crippen molar-refractivity contribution in [2.75, 3.05) is 58.9 Å². The van der Waals surface area contributed by atoms with E-state index in [9.17, 15) is 14.4 Å². The molecule has 2 aromatic carbocycles. The Morgan fingerprint density at radius 1 is 1.07 bits per heavy atom. The maximum absolute atomic E-state index is 13.4. The van der Waals surface area contributed by atoms with E-state index < -0.39 is 6.10 Å². The van der Waals surface area contributed by atoms with Crippen molar-refractivity contribution in [3.05, 3.63) is 77.5 Å². The predicted octanol–water partition coefficient (Wildman–Crippen LogP) is 2.78. The van der Waals surface area contributed by atoms with Crippen molar-refractivity contribution in [2.24, 2.45) is 0 Å². The molecule has 1 aromatic heterocycles. The average Bonchev–Trinajstić information content (AvgIpc) is 3.05. The summed E-state index contributed by atoms with van der Waals surface area (Å²) in [6, 6.07) is 15.0. The zero-order valence-corrected chi connectivity index (χ0v) is 25.3. The minimum absolute atomic E-state index is 0.140. The summed E-state index contributed by atoms with van der Waals surface area (Å²) in [6.45, 7) is 2.04. The van der Waals surface area contributed by atoms with Gasteiger partial charge in [-0.25, -0.2) is 9.78 Å². The van der Waals surface area contributed by atoms with Gasteiger partial charge in [0, 0.05) is 63.7 Å². The summed E-state index contributed by atoms with van der Waals surface area (Å²) in [7, 11) is 3.33. The number of piperidine rings is 1. The lowest BCUT2D eigenvalue weighted by Crippen LogP contribution is -2.58. The zero-order chi connectivity index (χ0) is 31.6. The second-order valence-electron chi connectivity index (χ2n) is 10.6. The van der Waals surface area contributed by atoms with Gasteiger partial charge in [-0.05, 0) is 48.4 Å². The number of anilines is 1. The Hall–Kier alpha value is -4.88. The standard InChI is InChI=1S/C32H38N6O7/c1-33-29-17-22(6-8-34-29)31(40)38-11-7-27-28(19-38)44-20-21-4-3-5-24(14-21)45-26-16-23(15-25(18-26)43-13-12-42-2)30(39)35-9-10-36-32(41)37-27/h3-6,8,14-18,27-28H,7,9-13,19-20H2,1-2H3,(H,33,34)(H,35,39)(H2,36,37,41)/t27-,28-/m0/s1. The molecule has 3 aromatic rings. The monoisotopic (exact) mass is 618 g/mol. The molecule has 1 fully saturated rings. The van der Waals surface area contributed by atoms with Crippen LogP contribution in [0.1, 0.15) is 32.7 Å². The number of nitrogens with one attached hydrogen (secondary N) is 4. The lowest BCUT2D eigenvalue weighted by molar-refractivity contribution is -0.0235. The highest BCUT2D eigenvalue weighted by Crippen LogP contribution is 2.29. The van der Waals surface area contributed by atoms with Crippen molar-refractivity contribution in [2.45, 2.75) is 25.2 Å². The molecule has 2 aliphatic rings. The van der Waals surface area contributed by atoms with Gasteiger partial charge in [0.05, 0.1) is 25.4 Å². The molecule has 4 bridgehead atoms. The summed E-state index contributed by atoms with van der Waals surface area (Å²) >= 11 is 0. The SMILES string of the molecule is CNc1cc(C(=O)N2CC[C@@H]3NC(=O)NCCNC(=O)c4cc(OCCOC)cc(c4)Oc4cccc(c4)CO[C@H]3C2)ccn1. The van der Waals surface area contributed by atoms with Gasteiger partial charge in [0.15, 0.2) is 0 Å².